The number of hydrogen-bond acceptors (Lipinski definition) is 4. The van der Waals surface area contributed by atoms with Crippen molar-refractivity contribution >= 4 is 11.6 Å². The molecule has 3 unspecified atom stereocenters. The number of hydrogen-bond donors (Lipinski definition) is 2. The van der Waals surface area contributed by atoms with Gasteiger partial charge in [0.05, 0.1) is 6.10 Å². The molecule has 0 spiro atoms. The summed E-state index contributed by atoms with van der Waals surface area (Å²) in [5.41, 5.74) is -2.03. The Morgan fingerprint density at radius 1 is 1.15 bits per heavy atom. The molecule has 4 saturated carbocycles. The maximum atomic E-state index is 13.5. The SMILES string of the molecule is CC(=O)[C@@]1(O)C(C)C[C@H]2[C@@H]3CCC4CC(O)CC[C@]4(C)[C@H]3C(=O)C[C@@]21C. The summed E-state index contributed by atoms with van der Waals surface area (Å²) in [4.78, 5) is 25.9. The van der Waals surface area contributed by atoms with Crippen LogP contribution in [-0.2, 0) is 9.59 Å². The van der Waals surface area contributed by atoms with E-state index >= 15 is 0 Å². The molecular formula is C22H34O4. The maximum absolute atomic E-state index is 13.5. The van der Waals surface area contributed by atoms with Crippen LogP contribution in [0.15, 0.2) is 0 Å². The molecule has 0 bridgehead atoms. The predicted molar refractivity (Wildman–Crippen MR) is 98.3 cm³/mol. The van der Waals surface area contributed by atoms with Crippen LogP contribution >= 0.6 is 0 Å². The first-order chi connectivity index (χ1) is 12.1. The number of fused-ring (bicyclic) bond motifs is 5. The van der Waals surface area contributed by atoms with Gasteiger partial charge >= 0.3 is 0 Å². The number of Topliss-reactive ketones (excluding diaryl/α,β-unsaturated/α-hetero) is 2. The lowest BCUT2D eigenvalue weighted by atomic mass is 9.44. The van der Waals surface area contributed by atoms with E-state index in [-0.39, 0.29) is 46.8 Å². The lowest BCUT2D eigenvalue weighted by Crippen LogP contribution is -2.62. The van der Waals surface area contributed by atoms with Gasteiger partial charge in [-0.05, 0) is 74.5 Å². The van der Waals surface area contributed by atoms with E-state index in [1.165, 1.54) is 6.92 Å². The van der Waals surface area contributed by atoms with Crippen molar-refractivity contribution in [3.63, 3.8) is 0 Å². The van der Waals surface area contributed by atoms with Crippen molar-refractivity contribution in [3.8, 4) is 0 Å². The van der Waals surface area contributed by atoms with Crippen LogP contribution in [0.4, 0.5) is 0 Å². The van der Waals surface area contributed by atoms with Crippen LogP contribution in [0.3, 0.4) is 0 Å². The third kappa shape index (κ3) is 2.09. The third-order valence-electron chi connectivity index (χ3n) is 9.44. The molecule has 0 aromatic heterocycles. The summed E-state index contributed by atoms with van der Waals surface area (Å²) in [5, 5.41) is 21.5. The summed E-state index contributed by atoms with van der Waals surface area (Å²) >= 11 is 0. The molecule has 26 heavy (non-hydrogen) atoms. The van der Waals surface area contributed by atoms with Crippen LogP contribution in [0.5, 0.6) is 0 Å². The Morgan fingerprint density at radius 3 is 2.50 bits per heavy atom. The number of carbonyl (C=O) groups is 2. The predicted octanol–water partition coefficient (Wildman–Crippen LogP) is 3.14. The average Bonchev–Trinajstić information content (AvgIpc) is 2.76. The summed E-state index contributed by atoms with van der Waals surface area (Å²) in [6.45, 7) is 7.74. The highest BCUT2D eigenvalue weighted by atomic mass is 16.3. The first-order valence-electron chi connectivity index (χ1n) is 10.5. The van der Waals surface area contributed by atoms with Crippen LogP contribution in [0.2, 0.25) is 0 Å². The molecule has 4 aliphatic rings. The Morgan fingerprint density at radius 2 is 1.85 bits per heavy atom. The number of ketones is 2. The fraction of sp³-hybridized carbons (Fsp3) is 0.909. The van der Waals surface area contributed by atoms with Crippen molar-refractivity contribution in [1.29, 1.82) is 0 Å². The zero-order chi connectivity index (χ0) is 19.1. The Balaban J connectivity index is 1.74. The molecule has 2 N–H and O–H groups in total. The van der Waals surface area contributed by atoms with Gasteiger partial charge in [0.1, 0.15) is 11.4 Å². The number of rotatable bonds is 1. The zero-order valence-corrected chi connectivity index (χ0v) is 16.6. The van der Waals surface area contributed by atoms with Gasteiger partial charge < -0.3 is 10.2 Å². The van der Waals surface area contributed by atoms with Gasteiger partial charge in [-0.15, -0.1) is 0 Å². The molecule has 4 nitrogen and oxygen atoms in total. The molecule has 4 heteroatoms. The van der Waals surface area contributed by atoms with Crippen molar-refractivity contribution in [2.75, 3.05) is 0 Å². The Bertz CT molecular complexity index is 644. The van der Waals surface area contributed by atoms with Crippen molar-refractivity contribution in [1.82, 2.24) is 0 Å². The van der Waals surface area contributed by atoms with Gasteiger partial charge in [-0.2, -0.15) is 0 Å². The zero-order valence-electron chi connectivity index (χ0n) is 16.6. The second-order valence-electron chi connectivity index (χ2n) is 10.5. The second-order valence-corrected chi connectivity index (χ2v) is 10.5. The van der Waals surface area contributed by atoms with Crippen LogP contribution in [-0.4, -0.2) is 33.5 Å². The molecule has 0 heterocycles. The third-order valence-corrected chi connectivity index (χ3v) is 9.44. The molecule has 0 radical (unpaired) electrons. The first-order valence-corrected chi connectivity index (χ1v) is 10.5. The van der Waals surface area contributed by atoms with Crippen molar-refractivity contribution in [3.05, 3.63) is 0 Å². The van der Waals surface area contributed by atoms with Crippen molar-refractivity contribution in [2.24, 2.45) is 40.4 Å². The highest BCUT2D eigenvalue weighted by molar-refractivity contribution is 5.90. The van der Waals surface area contributed by atoms with Gasteiger partial charge in [0, 0.05) is 17.8 Å². The van der Waals surface area contributed by atoms with Gasteiger partial charge in [-0.25, -0.2) is 0 Å². The van der Waals surface area contributed by atoms with Crippen LogP contribution in [0.1, 0.15) is 72.6 Å². The maximum Gasteiger partial charge on any atom is 0.162 e. The van der Waals surface area contributed by atoms with Gasteiger partial charge in [0.15, 0.2) is 5.78 Å². The fourth-order valence-electron chi connectivity index (χ4n) is 8.13. The summed E-state index contributed by atoms with van der Waals surface area (Å²) in [5.74, 6) is 0.945. The highest BCUT2D eigenvalue weighted by Gasteiger charge is 2.70. The van der Waals surface area contributed by atoms with E-state index in [0.717, 1.165) is 38.5 Å². The molecule has 4 rings (SSSR count). The van der Waals surface area contributed by atoms with Gasteiger partial charge in [0.2, 0.25) is 0 Å². The topological polar surface area (TPSA) is 74.6 Å². The molecule has 9 atom stereocenters. The van der Waals surface area contributed by atoms with Crippen LogP contribution < -0.4 is 0 Å². The Kier molecular flexibility index (Phi) is 4.03. The summed E-state index contributed by atoms with van der Waals surface area (Å²) in [6.07, 6.45) is 5.52. The smallest absolute Gasteiger partial charge is 0.162 e. The minimum atomic E-state index is -1.38. The fourth-order valence-corrected chi connectivity index (χ4v) is 8.13. The van der Waals surface area contributed by atoms with Gasteiger partial charge in [-0.3, -0.25) is 9.59 Å². The summed E-state index contributed by atoms with van der Waals surface area (Å²) < 4.78 is 0. The molecular weight excluding hydrogens is 328 g/mol. The minimum absolute atomic E-state index is 0.0271. The molecule has 0 aromatic rings. The Hall–Kier alpha value is -0.740. The monoisotopic (exact) mass is 362 g/mol. The summed E-state index contributed by atoms with van der Waals surface area (Å²) in [7, 11) is 0. The van der Waals surface area contributed by atoms with E-state index < -0.39 is 11.0 Å². The van der Waals surface area contributed by atoms with Crippen LogP contribution in [0, 0.1) is 40.4 Å². The molecule has 0 aromatic carbocycles. The molecule has 4 aliphatic carbocycles. The lowest BCUT2D eigenvalue weighted by Gasteiger charge is -2.60. The highest BCUT2D eigenvalue weighted by Crippen LogP contribution is 2.68. The van der Waals surface area contributed by atoms with E-state index in [4.69, 9.17) is 0 Å². The normalized spacial score (nSPS) is 56.5. The number of aliphatic hydroxyl groups excluding tert-OH is 1. The van der Waals surface area contributed by atoms with Crippen molar-refractivity contribution < 1.29 is 19.8 Å². The largest absolute Gasteiger partial charge is 0.393 e. The average molecular weight is 363 g/mol. The number of aliphatic hydroxyl groups is 2. The quantitative estimate of drug-likeness (QED) is 0.751. The first kappa shape index (κ1) is 18.6. The Labute approximate surface area is 156 Å². The second kappa shape index (κ2) is 5.64. The van der Waals surface area contributed by atoms with Gasteiger partial charge in [0.25, 0.3) is 0 Å². The standard InChI is InChI=1S/C22H34O4/c1-12-9-17-16-6-5-14-10-15(24)7-8-20(14,3)19(16)18(25)11-21(17,4)22(12,26)13(2)23/h12,14-17,19,24,26H,5-11H2,1-4H3/t12?,14?,15?,16-,17-,19+,20-,21-,22-/m0/s1. The van der Waals surface area contributed by atoms with E-state index in [9.17, 15) is 19.8 Å². The molecule has 146 valence electrons. The van der Waals surface area contributed by atoms with E-state index in [0.29, 0.717) is 12.3 Å². The molecule has 0 aliphatic heterocycles. The molecule has 0 amide bonds. The van der Waals surface area contributed by atoms with Crippen LogP contribution in [0.25, 0.3) is 0 Å². The van der Waals surface area contributed by atoms with E-state index in [1.807, 2.05) is 13.8 Å². The molecule has 4 fully saturated rings. The van der Waals surface area contributed by atoms with E-state index in [2.05, 4.69) is 6.92 Å². The number of carbonyl (C=O) groups excluding carboxylic acids is 2. The summed E-state index contributed by atoms with van der Waals surface area (Å²) in [6, 6.07) is 0. The lowest BCUT2D eigenvalue weighted by molar-refractivity contribution is -0.180. The van der Waals surface area contributed by atoms with Crippen molar-refractivity contribution in [2.45, 2.75) is 84.3 Å². The van der Waals surface area contributed by atoms with E-state index in [1.54, 1.807) is 0 Å². The minimum Gasteiger partial charge on any atom is -0.393 e. The van der Waals surface area contributed by atoms with Gasteiger partial charge in [-0.1, -0.05) is 20.8 Å². The molecule has 0 saturated heterocycles.